The van der Waals surface area contributed by atoms with Crippen LogP contribution in [0.1, 0.15) is 28.5 Å². The quantitative estimate of drug-likeness (QED) is 0.778. The van der Waals surface area contributed by atoms with Crippen LogP contribution < -0.4 is 5.32 Å². The molecule has 1 aliphatic rings. The molecule has 5 heteroatoms. The van der Waals surface area contributed by atoms with Gasteiger partial charge < -0.3 is 15.0 Å². The summed E-state index contributed by atoms with van der Waals surface area (Å²) in [6.45, 7) is 4.42. The van der Waals surface area contributed by atoms with Gasteiger partial charge in [0.05, 0.1) is 12.6 Å². The summed E-state index contributed by atoms with van der Waals surface area (Å²) in [5, 5.41) is 15.3. The molecule has 0 saturated heterocycles. The first-order valence-corrected chi connectivity index (χ1v) is 7.99. The SMILES string of the molecule is Cc1cnc2c(c1)c1c(n2CC(O)c2ccncc2)CCNC1. The molecule has 0 saturated carbocycles. The van der Waals surface area contributed by atoms with Gasteiger partial charge in [0.15, 0.2) is 0 Å². The van der Waals surface area contributed by atoms with Crippen molar-refractivity contribution in [2.45, 2.75) is 32.5 Å². The van der Waals surface area contributed by atoms with Crippen molar-refractivity contribution >= 4 is 11.0 Å². The molecule has 4 heterocycles. The number of aliphatic hydroxyl groups is 1. The summed E-state index contributed by atoms with van der Waals surface area (Å²) in [5.41, 5.74) is 5.64. The van der Waals surface area contributed by atoms with E-state index in [1.807, 2.05) is 18.3 Å². The fraction of sp³-hybridized carbons (Fsp3) is 0.333. The highest BCUT2D eigenvalue weighted by molar-refractivity contribution is 5.83. The third-order valence-corrected chi connectivity index (χ3v) is 4.55. The van der Waals surface area contributed by atoms with E-state index in [9.17, 15) is 5.11 Å². The summed E-state index contributed by atoms with van der Waals surface area (Å²) in [6, 6.07) is 5.92. The van der Waals surface area contributed by atoms with Crippen LogP contribution in [0.2, 0.25) is 0 Å². The molecule has 3 aromatic heterocycles. The molecule has 118 valence electrons. The Morgan fingerprint density at radius 1 is 1.35 bits per heavy atom. The average molecular weight is 308 g/mol. The Hall–Kier alpha value is -2.24. The van der Waals surface area contributed by atoms with Crippen LogP contribution in [0.3, 0.4) is 0 Å². The predicted molar refractivity (Wildman–Crippen MR) is 89.1 cm³/mol. The maximum atomic E-state index is 10.6. The first-order chi connectivity index (χ1) is 11.2. The number of rotatable bonds is 3. The molecule has 0 aromatic carbocycles. The van der Waals surface area contributed by atoms with E-state index in [0.717, 1.165) is 36.3 Å². The van der Waals surface area contributed by atoms with Crippen molar-refractivity contribution in [1.29, 1.82) is 0 Å². The van der Waals surface area contributed by atoms with E-state index in [0.29, 0.717) is 6.54 Å². The van der Waals surface area contributed by atoms with Gasteiger partial charge in [-0.1, -0.05) is 0 Å². The molecule has 0 fully saturated rings. The molecule has 0 bridgehead atoms. The van der Waals surface area contributed by atoms with Crippen molar-refractivity contribution in [1.82, 2.24) is 19.9 Å². The highest BCUT2D eigenvalue weighted by atomic mass is 16.3. The lowest BCUT2D eigenvalue weighted by Gasteiger charge is -2.19. The van der Waals surface area contributed by atoms with Crippen LogP contribution in [0.25, 0.3) is 11.0 Å². The van der Waals surface area contributed by atoms with E-state index in [-0.39, 0.29) is 0 Å². The van der Waals surface area contributed by atoms with Crippen molar-refractivity contribution in [3.63, 3.8) is 0 Å². The van der Waals surface area contributed by atoms with Gasteiger partial charge >= 0.3 is 0 Å². The first kappa shape index (κ1) is 14.4. The zero-order valence-corrected chi connectivity index (χ0v) is 13.2. The summed E-state index contributed by atoms with van der Waals surface area (Å²) in [5.74, 6) is 0. The van der Waals surface area contributed by atoms with Crippen LogP contribution in [0.4, 0.5) is 0 Å². The highest BCUT2D eigenvalue weighted by Crippen LogP contribution is 2.29. The largest absolute Gasteiger partial charge is 0.387 e. The van der Waals surface area contributed by atoms with Crippen LogP contribution in [0.15, 0.2) is 36.8 Å². The van der Waals surface area contributed by atoms with Gasteiger partial charge in [0.1, 0.15) is 5.65 Å². The van der Waals surface area contributed by atoms with Crippen LogP contribution in [0.5, 0.6) is 0 Å². The van der Waals surface area contributed by atoms with Gasteiger partial charge in [0, 0.05) is 49.2 Å². The Balaban J connectivity index is 1.80. The Labute approximate surface area is 135 Å². The number of hydrogen-bond donors (Lipinski definition) is 2. The highest BCUT2D eigenvalue weighted by Gasteiger charge is 2.22. The van der Waals surface area contributed by atoms with E-state index < -0.39 is 6.10 Å². The summed E-state index contributed by atoms with van der Waals surface area (Å²) in [7, 11) is 0. The molecule has 23 heavy (non-hydrogen) atoms. The molecule has 4 rings (SSSR count). The van der Waals surface area contributed by atoms with Crippen LogP contribution in [0, 0.1) is 6.92 Å². The Morgan fingerprint density at radius 2 is 2.17 bits per heavy atom. The van der Waals surface area contributed by atoms with E-state index in [1.165, 1.54) is 16.6 Å². The molecule has 0 aliphatic carbocycles. The molecule has 0 amide bonds. The van der Waals surface area contributed by atoms with Gasteiger partial charge in [-0.05, 0) is 41.8 Å². The second kappa shape index (κ2) is 5.76. The summed E-state index contributed by atoms with van der Waals surface area (Å²) < 4.78 is 2.19. The summed E-state index contributed by atoms with van der Waals surface area (Å²) in [6.07, 6.45) is 5.74. The van der Waals surface area contributed by atoms with Gasteiger partial charge in [-0.25, -0.2) is 4.98 Å². The standard InChI is InChI=1S/C18H20N4O/c1-12-8-14-15-10-20-7-4-16(15)22(18(14)21-9-12)11-17(23)13-2-5-19-6-3-13/h2-3,5-6,8-9,17,20,23H,4,7,10-11H2,1H3. The van der Waals surface area contributed by atoms with Crippen LogP contribution >= 0.6 is 0 Å². The maximum absolute atomic E-state index is 10.6. The van der Waals surface area contributed by atoms with Crippen molar-refractivity contribution in [3.05, 3.63) is 59.2 Å². The second-order valence-corrected chi connectivity index (χ2v) is 6.14. The molecule has 0 radical (unpaired) electrons. The minimum atomic E-state index is -0.560. The molecule has 5 nitrogen and oxygen atoms in total. The normalized spacial score (nSPS) is 15.6. The van der Waals surface area contributed by atoms with Crippen LogP contribution in [-0.4, -0.2) is 26.2 Å². The number of pyridine rings is 2. The zero-order valence-electron chi connectivity index (χ0n) is 13.2. The van der Waals surface area contributed by atoms with Gasteiger partial charge in [-0.2, -0.15) is 0 Å². The Morgan fingerprint density at radius 3 is 3.00 bits per heavy atom. The molecular formula is C18H20N4O. The number of nitrogens with one attached hydrogen (secondary N) is 1. The second-order valence-electron chi connectivity index (χ2n) is 6.14. The van der Waals surface area contributed by atoms with Crippen molar-refractivity contribution in [3.8, 4) is 0 Å². The van der Waals surface area contributed by atoms with E-state index in [1.54, 1.807) is 12.4 Å². The first-order valence-electron chi connectivity index (χ1n) is 7.99. The molecule has 0 spiro atoms. The summed E-state index contributed by atoms with van der Waals surface area (Å²) in [4.78, 5) is 8.66. The van der Waals surface area contributed by atoms with Gasteiger partial charge in [-0.3, -0.25) is 4.98 Å². The van der Waals surface area contributed by atoms with E-state index in [2.05, 4.69) is 32.8 Å². The molecule has 1 unspecified atom stereocenters. The Kier molecular flexibility index (Phi) is 3.59. The predicted octanol–water partition coefficient (Wildman–Crippen LogP) is 2.12. The summed E-state index contributed by atoms with van der Waals surface area (Å²) >= 11 is 0. The molecule has 1 aliphatic heterocycles. The van der Waals surface area contributed by atoms with E-state index in [4.69, 9.17) is 0 Å². The fourth-order valence-corrected chi connectivity index (χ4v) is 3.41. The molecule has 2 N–H and O–H groups in total. The average Bonchev–Trinajstić information content (AvgIpc) is 2.89. The fourth-order valence-electron chi connectivity index (χ4n) is 3.41. The Bertz CT molecular complexity index is 841. The number of nitrogens with zero attached hydrogens (tertiary/aromatic N) is 3. The minimum Gasteiger partial charge on any atom is -0.387 e. The van der Waals surface area contributed by atoms with Gasteiger partial charge in [0.25, 0.3) is 0 Å². The number of hydrogen-bond acceptors (Lipinski definition) is 4. The van der Waals surface area contributed by atoms with Crippen molar-refractivity contribution < 1.29 is 5.11 Å². The lowest BCUT2D eigenvalue weighted by Crippen LogP contribution is -2.25. The van der Waals surface area contributed by atoms with E-state index >= 15 is 0 Å². The van der Waals surface area contributed by atoms with Crippen molar-refractivity contribution in [2.24, 2.45) is 0 Å². The zero-order chi connectivity index (χ0) is 15.8. The topological polar surface area (TPSA) is 63.0 Å². The molecule has 1 atom stereocenters. The van der Waals surface area contributed by atoms with Gasteiger partial charge in [-0.15, -0.1) is 0 Å². The van der Waals surface area contributed by atoms with Crippen LogP contribution in [-0.2, 0) is 19.5 Å². The lowest BCUT2D eigenvalue weighted by atomic mass is 10.1. The lowest BCUT2D eigenvalue weighted by molar-refractivity contribution is 0.156. The minimum absolute atomic E-state index is 0.520. The van der Waals surface area contributed by atoms with Crippen molar-refractivity contribution in [2.75, 3.05) is 6.54 Å². The third-order valence-electron chi connectivity index (χ3n) is 4.55. The molecule has 3 aromatic rings. The number of aromatic nitrogens is 3. The number of aryl methyl sites for hydroxylation is 1. The molecular weight excluding hydrogens is 288 g/mol. The smallest absolute Gasteiger partial charge is 0.140 e. The monoisotopic (exact) mass is 308 g/mol. The number of fused-ring (bicyclic) bond motifs is 3. The third kappa shape index (κ3) is 2.52. The van der Waals surface area contributed by atoms with Gasteiger partial charge in [0.2, 0.25) is 0 Å². The number of aliphatic hydroxyl groups excluding tert-OH is 1. The maximum Gasteiger partial charge on any atom is 0.140 e.